The van der Waals surface area contributed by atoms with Crippen LogP contribution in [-0.2, 0) is 16.4 Å². The van der Waals surface area contributed by atoms with Gasteiger partial charge >= 0.3 is 6.18 Å². The number of carbonyl (C=O) groups excluding carboxylic acids is 1. The molecule has 0 spiro atoms. The monoisotopic (exact) mass is 549 g/mol. The molecule has 1 N–H and O–H groups in total. The molecule has 204 valence electrons. The molecule has 0 unspecified atom stereocenters. The van der Waals surface area contributed by atoms with Crippen LogP contribution >= 0.6 is 0 Å². The summed E-state index contributed by atoms with van der Waals surface area (Å²) in [5.41, 5.74) is 2.61. The van der Waals surface area contributed by atoms with Crippen LogP contribution in [-0.4, -0.2) is 41.9 Å². The van der Waals surface area contributed by atoms with E-state index in [4.69, 9.17) is 4.74 Å². The first-order chi connectivity index (χ1) is 18.0. The van der Waals surface area contributed by atoms with Crippen LogP contribution in [0.1, 0.15) is 67.4 Å². The van der Waals surface area contributed by atoms with Gasteiger partial charge in [0.1, 0.15) is 6.10 Å². The molecule has 2 fully saturated rings. The number of hydrogen-bond donors (Lipinski definition) is 1. The van der Waals surface area contributed by atoms with Gasteiger partial charge in [0.2, 0.25) is 0 Å². The van der Waals surface area contributed by atoms with Crippen LogP contribution in [0, 0.1) is 5.92 Å². The van der Waals surface area contributed by atoms with Gasteiger partial charge in [0.25, 0.3) is 11.9 Å². The van der Waals surface area contributed by atoms with Gasteiger partial charge in [0.15, 0.2) is 9.84 Å². The minimum atomic E-state index is -4.16. The summed E-state index contributed by atoms with van der Waals surface area (Å²) in [5.74, 6) is -1.55. The molecule has 0 atom stereocenters. The molecule has 38 heavy (non-hydrogen) atoms. The van der Waals surface area contributed by atoms with Gasteiger partial charge in [-0.05, 0) is 74.4 Å². The molecule has 0 aliphatic heterocycles. The molecule has 2 aliphatic rings. The Morgan fingerprint density at radius 2 is 1.74 bits per heavy atom. The lowest BCUT2D eigenvalue weighted by atomic mass is 9.87. The normalized spacial score (nSPS) is 20.4. The summed E-state index contributed by atoms with van der Waals surface area (Å²) < 4.78 is 71.2. The highest BCUT2D eigenvalue weighted by Crippen LogP contribution is 2.43. The summed E-state index contributed by atoms with van der Waals surface area (Å²) in [7, 11) is -3.28. The van der Waals surface area contributed by atoms with Gasteiger partial charge in [0, 0.05) is 18.2 Å². The van der Waals surface area contributed by atoms with Crippen molar-refractivity contribution in [3.63, 3.8) is 0 Å². The molecule has 2 saturated carbocycles. The van der Waals surface area contributed by atoms with Gasteiger partial charge in [0.05, 0.1) is 27.6 Å². The molecule has 3 aromatic rings. The lowest BCUT2D eigenvalue weighted by molar-refractivity contribution is -0.185. The highest BCUT2D eigenvalue weighted by atomic mass is 32.2. The number of rotatable bonds is 8. The van der Waals surface area contributed by atoms with E-state index < -0.39 is 21.9 Å². The second kappa shape index (κ2) is 10.2. The second-order valence-corrected chi connectivity index (χ2v) is 12.3. The molecule has 1 aromatic heterocycles. The second-order valence-electron chi connectivity index (χ2n) is 10.1. The van der Waals surface area contributed by atoms with Crippen molar-refractivity contribution < 1.29 is 31.1 Å². The van der Waals surface area contributed by atoms with E-state index in [1.165, 1.54) is 12.1 Å². The Hall–Kier alpha value is -3.08. The maximum absolute atomic E-state index is 13.0. The Balaban J connectivity index is 1.27. The van der Waals surface area contributed by atoms with Crippen molar-refractivity contribution in [3.8, 4) is 6.01 Å². The van der Waals surface area contributed by atoms with Crippen LogP contribution in [0.2, 0.25) is 0 Å². The van der Waals surface area contributed by atoms with Gasteiger partial charge in [-0.3, -0.25) is 9.36 Å². The van der Waals surface area contributed by atoms with E-state index in [9.17, 15) is 26.4 Å². The maximum atomic E-state index is 13.0. The largest absolute Gasteiger partial charge is 0.461 e. The number of sulfone groups is 1. The van der Waals surface area contributed by atoms with Crippen molar-refractivity contribution in [1.82, 2.24) is 14.9 Å². The molecule has 0 saturated heterocycles. The van der Waals surface area contributed by atoms with Crippen LogP contribution in [0.4, 0.5) is 13.2 Å². The fourth-order valence-electron chi connectivity index (χ4n) is 4.91. The van der Waals surface area contributed by atoms with E-state index in [1.54, 1.807) is 31.2 Å². The lowest BCUT2D eigenvalue weighted by Crippen LogP contribution is -2.32. The molecule has 2 aliphatic carbocycles. The van der Waals surface area contributed by atoms with Crippen LogP contribution in [0.25, 0.3) is 11.0 Å². The van der Waals surface area contributed by atoms with Crippen molar-refractivity contribution in [2.45, 2.75) is 75.2 Å². The number of amides is 1. The molecule has 1 amide bonds. The number of nitrogens with one attached hydrogen (secondary N) is 1. The van der Waals surface area contributed by atoms with Gasteiger partial charge in [-0.15, -0.1) is 0 Å². The number of fused-ring (bicyclic) bond motifs is 1. The summed E-state index contributed by atoms with van der Waals surface area (Å²) in [6.07, 6.45) is -1.76. The van der Waals surface area contributed by atoms with E-state index in [-0.39, 0.29) is 48.1 Å². The van der Waals surface area contributed by atoms with E-state index in [0.717, 1.165) is 23.9 Å². The van der Waals surface area contributed by atoms with E-state index in [2.05, 4.69) is 10.3 Å². The van der Waals surface area contributed by atoms with Crippen LogP contribution in [0.15, 0.2) is 47.4 Å². The number of carbonyl (C=O) groups is 1. The highest BCUT2D eigenvalue weighted by Gasteiger charge is 2.42. The third kappa shape index (κ3) is 5.67. The number of nitrogens with zero attached hydrogens (tertiary/aromatic N) is 2. The van der Waals surface area contributed by atoms with E-state index >= 15 is 0 Å². The molecule has 2 aromatic carbocycles. The fraction of sp³-hybridized carbons (Fsp3) is 0.481. The van der Waals surface area contributed by atoms with Crippen molar-refractivity contribution in [3.05, 3.63) is 53.6 Å². The maximum Gasteiger partial charge on any atom is 0.391 e. The number of imidazole rings is 1. The zero-order valence-electron chi connectivity index (χ0n) is 21.0. The Morgan fingerprint density at radius 3 is 2.34 bits per heavy atom. The van der Waals surface area contributed by atoms with Gasteiger partial charge in [-0.2, -0.15) is 18.2 Å². The smallest absolute Gasteiger partial charge is 0.391 e. The highest BCUT2D eigenvalue weighted by molar-refractivity contribution is 7.91. The number of ether oxygens (including phenoxy) is 1. The number of aromatic nitrogens is 2. The van der Waals surface area contributed by atoms with E-state index in [1.807, 2.05) is 10.6 Å². The van der Waals surface area contributed by atoms with Gasteiger partial charge < -0.3 is 10.1 Å². The average Bonchev–Trinajstić information content (AvgIpc) is 3.67. The predicted octanol–water partition coefficient (Wildman–Crippen LogP) is 5.59. The number of halogens is 3. The Labute approximate surface area is 219 Å². The topological polar surface area (TPSA) is 90.3 Å². The van der Waals surface area contributed by atoms with E-state index in [0.29, 0.717) is 29.9 Å². The molecule has 7 nitrogen and oxygen atoms in total. The van der Waals surface area contributed by atoms with Crippen molar-refractivity contribution >= 4 is 26.8 Å². The number of benzene rings is 2. The summed E-state index contributed by atoms with van der Waals surface area (Å²) in [6, 6.07) is 12.3. The fourth-order valence-corrected chi connectivity index (χ4v) is 5.79. The van der Waals surface area contributed by atoms with Crippen LogP contribution in [0.5, 0.6) is 6.01 Å². The van der Waals surface area contributed by atoms with Gasteiger partial charge in [-0.25, -0.2) is 8.42 Å². The molecule has 1 heterocycles. The standard InChI is InChI=1S/C27H30F3N3O4S/c1-2-38(35,36)22-12-3-17(4-13-22)16-31-25(34)18-5-14-24-23(15-18)32-26(33(24)20-8-9-20)37-21-10-6-19(7-11-21)27(28,29)30/h3-5,12-15,19-21H,2,6-11,16H2,1H3,(H,31,34)/t19-,21-. The first kappa shape index (κ1) is 26.5. The van der Waals surface area contributed by atoms with Crippen LogP contribution in [0.3, 0.4) is 0 Å². The summed E-state index contributed by atoms with van der Waals surface area (Å²) in [4.78, 5) is 17.7. The SMILES string of the molecule is CCS(=O)(=O)c1ccc(CNC(=O)c2ccc3c(c2)nc(O[C@H]2CC[C@H](C(F)(F)F)CC2)n3C2CC2)cc1. The Bertz CT molecular complexity index is 1420. The number of hydrogen-bond acceptors (Lipinski definition) is 5. The Kier molecular flexibility index (Phi) is 7.15. The summed E-state index contributed by atoms with van der Waals surface area (Å²) >= 11 is 0. The molecular weight excluding hydrogens is 519 g/mol. The minimum Gasteiger partial charge on any atom is -0.461 e. The number of alkyl halides is 3. The van der Waals surface area contributed by atoms with Gasteiger partial charge in [-0.1, -0.05) is 19.1 Å². The molecule has 5 rings (SSSR count). The molecular formula is C27H30F3N3O4S. The third-order valence-corrected chi connectivity index (χ3v) is 9.11. The predicted molar refractivity (Wildman–Crippen MR) is 136 cm³/mol. The zero-order valence-corrected chi connectivity index (χ0v) is 21.8. The van der Waals surface area contributed by atoms with Crippen LogP contribution < -0.4 is 10.1 Å². The minimum absolute atomic E-state index is 0.0218. The quantitative estimate of drug-likeness (QED) is 0.395. The molecule has 11 heteroatoms. The average molecular weight is 550 g/mol. The molecule has 0 radical (unpaired) electrons. The molecule has 0 bridgehead atoms. The zero-order chi connectivity index (χ0) is 27.1. The Morgan fingerprint density at radius 1 is 1.05 bits per heavy atom. The first-order valence-electron chi connectivity index (χ1n) is 12.9. The summed E-state index contributed by atoms with van der Waals surface area (Å²) in [6.45, 7) is 1.82. The van der Waals surface area contributed by atoms with Crippen molar-refractivity contribution in [1.29, 1.82) is 0 Å². The first-order valence-corrected chi connectivity index (χ1v) is 14.6. The summed E-state index contributed by atoms with van der Waals surface area (Å²) in [5, 5.41) is 2.84. The van der Waals surface area contributed by atoms with Crippen molar-refractivity contribution in [2.75, 3.05) is 5.75 Å². The third-order valence-electron chi connectivity index (χ3n) is 7.36. The lowest BCUT2D eigenvalue weighted by Gasteiger charge is -2.29. The van der Waals surface area contributed by atoms with Crippen molar-refractivity contribution in [2.24, 2.45) is 5.92 Å².